The third-order valence-electron chi connectivity index (χ3n) is 4.18. The van der Waals surface area contributed by atoms with Crippen molar-refractivity contribution < 1.29 is 22.9 Å². The number of nitrogens with zero attached hydrogens (tertiary/aromatic N) is 3. The summed E-state index contributed by atoms with van der Waals surface area (Å²) < 4.78 is 29.4. The summed E-state index contributed by atoms with van der Waals surface area (Å²) in [5.74, 6) is 0.419. The molecule has 2 aromatic heterocycles. The zero-order valence-electron chi connectivity index (χ0n) is 15.5. The zero-order chi connectivity index (χ0) is 20.2. The summed E-state index contributed by atoms with van der Waals surface area (Å²) >= 11 is 0. The Balaban J connectivity index is 1.45. The van der Waals surface area contributed by atoms with Crippen molar-refractivity contribution in [2.75, 3.05) is 7.11 Å². The van der Waals surface area contributed by atoms with Gasteiger partial charge in [-0.1, -0.05) is 23.4 Å². The first kappa shape index (κ1) is 18.8. The molecule has 0 aliphatic heterocycles. The fraction of sp³-hybridized carbons (Fsp3) is 0.200. The molecule has 9 heteroatoms. The molecular weight excluding hydrogens is 379 g/mol. The van der Waals surface area contributed by atoms with Crippen molar-refractivity contribution in [3.05, 3.63) is 77.0 Å². The molecule has 4 rings (SSSR count). The van der Waals surface area contributed by atoms with Crippen LogP contribution in [0.15, 0.2) is 51.4 Å². The number of benzene rings is 2. The number of ether oxygens (including phenoxy) is 1. The lowest BCUT2D eigenvalue weighted by Crippen LogP contribution is -2.23. The van der Waals surface area contributed by atoms with Gasteiger partial charge in [0.25, 0.3) is 11.8 Å². The first-order valence-electron chi connectivity index (χ1n) is 8.84. The monoisotopic (exact) mass is 396 g/mol. The molecule has 0 saturated heterocycles. The minimum absolute atomic E-state index is 0.110. The van der Waals surface area contributed by atoms with Gasteiger partial charge in [0.15, 0.2) is 17.3 Å². The summed E-state index contributed by atoms with van der Waals surface area (Å²) in [5.41, 5.74) is 1.93. The Morgan fingerprint density at radius 3 is 2.86 bits per heavy atom. The van der Waals surface area contributed by atoms with Crippen LogP contribution in [0.1, 0.15) is 33.5 Å². The molecule has 8 nitrogen and oxygen atoms in total. The Morgan fingerprint density at radius 2 is 2.03 bits per heavy atom. The number of methoxy groups -OCH3 is 1. The lowest BCUT2D eigenvalue weighted by atomic mass is 10.1. The third kappa shape index (κ3) is 4.30. The summed E-state index contributed by atoms with van der Waals surface area (Å²) in [6.45, 7) is 0.317. The standard InChI is InChI=1S/C20H17FN4O4/c1-27-11-19-24-17(25-29-19)10-22-20(26)13-6-7-15-16(8-13)28-18(23-15)9-12-4-2-3-5-14(12)21/h2-8H,9-11H2,1H3,(H,22,26). The average molecular weight is 396 g/mol. The van der Waals surface area contributed by atoms with E-state index in [-0.39, 0.29) is 31.3 Å². The number of carbonyl (C=O) groups is 1. The van der Waals surface area contributed by atoms with Gasteiger partial charge < -0.3 is 19.0 Å². The molecule has 4 aromatic rings. The van der Waals surface area contributed by atoms with Gasteiger partial charge in [-0.05, 0) is 29.8 Å². The lowest BCUT2D eigenvalue weighted by Gasteiger charge is -2.01. The van der Waals surface area contributed by atoms with E-state index in [0.717, 1.165) is 0 Å². The van der Waals surface area contributed by atoms with Crippen LogP contribution in [0, 0.1) is 5.82 Å². The molecule has 0 aliphatic carbocycles. The van der Waals surface area contributed by atoms with Gasteiger partial charge in [0, 0.05) is 12.7 Å². The minimum atomic E-state index is -0.322. The van der Waals surface area contributed by atoms with Crippen molar-refractivity contribution >= 4 is 17.0 Å². The molecule has 2 aromatic carbocycles. The van der Waals surface area contributed by atoms with Gasteiger partial charge in [0.05, 0.1) is 13.0 Å². The average Bonchev–Trinajstić information content (AvgIpc) is 3.33. The van der Waals surface area contributed by atoms with Gasteiger partial charge in [-0.2, -0.15) is 4.98 Å². The van der Waals surface area contributed by atoms with Crippen LogP contribution in [0.25, 0.3) is 11.1 Å². The number of rotatable bonds is 7. The molecule has 0 spiro atoms. The first-order chi connectivity index (χ1) is 14.1. The Bertz CT molecular complexity index is 1150. The van der Waals surface area contributed by atoms with Crippen LogP contribution in [-0.4, -0.2) is 28.1 Å². The van der Waals surface area contributed by atoms with Crippen LogP contribution in [-0.2, 0) is 24.3 Å². The second kappa shape index (κ2) is 8.19. The van der Waals surface area contributed by atoms with Crippen LogP contribution in [0.5, 0.6) is 0 Å². The topological polar surface area (TPSA) is 103 Å². The highest BCUT2D eigenvalue weighted by Crippen LogP contribution is 2.20. The highest BCUT2D eigenvalue weighted by atomic mass is 19.1. The summed E-state index contributed by atoms with van der Waals surface area (Å²) in [5, 5.41) is 6.47. The van der Waals surface area contributed by atoms with E-state index in [1.54, 1.807) is 36.4 Å². The van der Waals surface area contributed by atoms with E-state index >= 15 is 0 Å². The van der Waals surface area contributed by atoms with Crippen LogP contribution in [0.3, 0.4) is 0 Å². The van der Waals surface area contributed by atoms with Gasteiger partial charge in [-0.25, -0.2) is 9.37 Å². The predicted octanol–water partition coefficient (Wildman–Crippen LogP) is 3.02. The Hall–Kier alpha value is -3.59. The summed E-state index contributed by atoms with van der Waals surface area (Å²) in [4.78, 5) is 20.8. The van der Waals surface area contributed by atoms with Gasteiger partial charge in [-0.15, -0.1) is 0 Å². The van der Waals surface area contributed by atoms with Crippen LogP contribution in [0.2, 0.25) is 0 Å². The number of carbonyl (C=O) groups excluding carboxylic acids is 1. The smallest absolute Gasteiger partial charge is 0.252 e. The van der Waals surface area contributed by atoms with E-state index < -0.39 is 0 Å². The van der Waals surface area contributed by atoms with E-state index in [4.69, 9.17) is 13.7 Å². The van der Waals surface area contributed by atoms with Crippen LogP contribution in [0.4, 0.5) is 4.39 Å². The molecule has 0 aliphatic rings. The minimum Gasteiger partial charge on any atom is -0.440 e. The quantitative estimate of drug-likeness (QED) is 0.512. The van der Waals surface area contributed by atoms with E-state index in [0.29, 0.717) is 39.8 Å². The fourth-order valence-corrected chi connectivity index (χ4v) is 2.80. The van der Waals surface area contributed by atoms with E-state index in [1.165, 1.54) is 13.2 Å². The molecule has 0 bridgehead atoms. The fourth-order valence-electron chi connectivity index (χ4n) is 2.80. The molecule has 0 radical (unpaired) electrons. The molecule has 0 unspecified atom stereocenters. The van der Waals surface area contributed by atoms with E-state index in [2.05, 4.69) is 20.4 Å². The number of hydrogen-bond donors (Lipinski definition) is 1. The number of hydrogen-bond acceptors (Lipinski definition) is 7. The van der Waals surface area contributed by atoms with Crippen LogP contribution < -0.4 is 5.32 Å². The number of amides is 1. The maximum absolute atomic E-state index is 13.8. The highest BCUT2D eigenvalue weighted by molar-refractivity contribution is 5.96. The SMILES string of the molecule is COCc1nc(CNC(=O)c2ccc3nc(Cc4ccccc4F)oc3c2)no1. The Morgan fingerprint density at radius 1 is 1.17 bits per heavy atom. The largest absolute Gasteiger partial charge is 0.440 e. The molecule has 1 amide bonds. The van der Waals surface area contributed by atoms with E-state index in [9.17, 15) is 9.18 Å². The van der Waals surface area contributed by atoms with Crippen molar-refractivity contribution in [1.29, 1.82) is 0 Å². The van der Waals surface area contributed by atoms with Crippen molar-refractivity contribution in [1.82, 2.24) is 20.4 Å². The molecule has 0 saturated carbocycles. The summed E-state index contributed by atoms with van der Waals surface area (Å²) in [7, 11) is 1.52. The van der Waals surface area contributed by atoms with Crippen molar-refractivity contribution in [2.24, 2.45) is 0 Å². The second-order valence-corrected chi connectivity index (χ2v) is 6.28. The lowest BCUT2D eigenvalue weighted by molar-refractivity contribution is 0.0949. The number of oxazole rings is 1. The van der Waals surface area contributed by atoms with Crippen molar-refractivity contribution in [3.8, 4) is 0 Å². The van der Waals surface area contributed by atoms with Gasteiger partial charge in [-0.3, -0.25) is 4.79 Å². The van der Waals surface area contributed by atoms with Gasteiger partial charge in [0.1, 0.15) is 17.9 Å². The molecular formula is C20H17FN4O4. The second-order valence-electron chi connectivity index (χ2n) is 6.28. The maximum atomic E-state index is 13.8. The Labute approximate surface area is 164 Å². The normalized spacial score (nSPS) is 11.1. The molecule has 1 N–H and O–H groups in total. The van der Waals surface area contributed by atoms with Crippen molar-refractivity contribution in [3.63, 3.8) is 0 Å². The maximum Gasteiger partial charge on any atom is 0.252 e. The number of aromatic nitrogens is 3. The first-order valence-corrected chi connectivity index (χ1v) is 8.84. The highest BCUT2D eigenvalue weighted by Gasteiger charge is 2.13. The number of nitrogens with one attached hydrogen (secondary N) is 1. The van der Waals surface area contributed by atoms with Gasteiger partial charge >= 0.3 is 0 Å². The third-order valence-corrected chi connectivity index (χ3v) is 4.18. The van der Waals surface area contributed by atoms with Crippen molar-refractivity contribution in [2.45, 2.75) is 19.6 Å². The molecule has 0 atom stereocenters. The number of fused-ring (bicyclic) bond motifs is 1. The molecule has 0 fully saturated rings. The summed E-state index contributed by atoms with van der Waals surface area (Å²) in [6, 6.07) is 11.4. The Kier molecular flexibility index (Phi) is 5.30. The molecule has 29 heavy (non-hydrogen) atoms. The van der Waals surface area contributed by atoms with E-state index in [1.807, 2.05) is 0 Å². The van der Waals surface area contributed by atoms with Crippen LogP contribution >= 0.6 is 0 Å². The molecule has 148 valence electrons. The summed E-state index contributed by atoms with van der Waals surface area (Å²) in [6.07, 6.45) is 0.227. The zero-order valence-corrected chi connectivity index (χ0v) is 15.5. The van der Waals surface area contributed by atoms with Gasteiger partial charge in [0.2, 0.25) is 0 Å². The number of halogens is 1. The molecule has 2 heterocycles. The predicted molar refractivity (Wildman–Crippen MR) is 99.4 cm³/mol.